The molecule has 0 aliphatic carbocycles. The largest absolute Gasteiger partial charge is 0.507 e. The summed E-state index contributed by atoms with van der Waals surface area (Å²) in [7, 11) is 0. The normalized spacial score (nSPS) is 20.0. The zero-order chi connectivity index (χ0) is 29.8. The van der Waals surface area contributed by atoms with E-state index in [1.165, 1.54) is 24.4 Å². The van der Waals surface area contributed by atoms with Gasteiger partial charge in [0.1, 0.15) is 48.7 Å². The van der Waals surface area contributed by atoms with Gasteiger partial charge in [-0.2, -0.15) is 4.98 Å². The summed E-state index contributed by atoms with van der Waals surface area (Å²) >= 11 is 0. The lowest BCUT2D eigenvalue weighted by Gasteiger charge is -2.17. The summed E-state index contributed by atoms with van der Waals surface area (Å²) < 4.78 is 21.4. The van der Waals surface area contributed by atoms with Crippen LogP contribution in [-0.4, -0.2) is 99.2 Å². The van der Waals surface area contributed by atoms with Crippen LogP contribution in [0.3, 0.4) is 0 Å². The molecule has 1 aromatic carbocycles. The van der Waals surface area contributed by atoms with Gasteiger partial charge in [0.05, 0.1) is 19.8 Å². The predicted octanol–water partition coefficient (Wildman–Crippen LogP) is -0.524. The maximum atomic E-state index is 12.3. The number of phenols is 1. The van der Waals surface area contributed by atoms with Crippen molar-refractivity contribution in [2.75, 3.05) is 38.4 Å². The van der Waals surface area contributed by atoms with Crippen LogP contribution in [0, 0.1) is 0 Å². The quantitative estimate of drug-likeness (QED) is 0.133. The number of para-hydroxylation sites is 1. The average Bonchev–Trinajstić information content (AvgIpc) is 3.23. The van der Waals surface area contributed by atoms with Gasteiger partial charge >= 0.3 is 17.6 Å². The summed E-state index contributed by atoms with van der Waals surface area (Å²) in [6.45, 7) is -1.17. The van der Waals surface area contributed by atoms with Gasteiger partial charge < -0.3 is 44.7 Å². The van der Waals surface area contributed by atoms with Gasteiger partial charge in [-0.25, -0.2) is 14.4 Å². The number of carbonyl (C=O) groups is 3. The van der Waals surface area contributed by atoms with Crippen LogP contribution in [0.2, 0.25) is 0 Å². The summed E-state index contributed by atoms with van der Waals surface area (Å²) in [5.74, 6) is -2.18. The number of aromatic hydroxyl groups is 1. The van der Waals surface area contributed by atoms with E-state index in [2.05, 4.69) is 10.3 Å². The highest BCUT2D eigenvalue weighted by Crippen LogP contribution is 2.28. The van der Waals surface area contributed by atoms with Crippen LogP contribution in [0.25, 0.3) is 0 Å². The first-order valence-corrected chi connectivity index (χ1v) is 12.9. The number of carbonyl (C=O) groups excluding carboxylic acids is 3. The molecule has 15 heteroatoms. The monoisotopic (exact) mass is 579 g/mol. The van der Waals surface area contributed by atoms with Crippen molar-refractivity contribution in [3.63, 3.8) is 0 Å². The molecular weight excluding hydrogens is 546 g/mol. The zero-order valence-electron chi connectivity index (χ0n) is 22.1. The molecule has 0 spiro atoms. The summed E-state index contributed by atoms with van der Waals surface area (Å²) in [6.07, 6.45) is -1.32. The number of phenolic OH excluding ortho intramolecular Hbond substituents is 1. The fraction of sp³-hybridized carbons (Fsp3) is 0.500. The van der Waals surface area contributed by atoms with E-state index in [0.29, 0.717) is 12.8 Å². The van der Waals surface area contributed by atoms with Crippen LogP contribution in [0.1, 0.15) is 42.3 Å². The number of esters is 2. The molecule has 1 amide bonds. The van der Waals surface area contributed by atoms with Crippen molar-refractivity contribution in [2.45, 2.75) is 50.2 Å². The molecular formula is C26H33N3O12. The molecule has 3 rings (SSSR count). The minimum absolute atomic E-state index is 0.108. The van der Waals surface area contributed by atoms with Crippen LogP contribution in [0.15, 0.2) is 41.3 Å². The van der Waals surface area contributed by atoms with Gasteiger partial charge in [0.15, 0.2) is 6.23 Å². The summed E-state index contributed by atoms with van der Waals surface area (Å²) in [4.78, 5) is 51.7. The van der Waals surface area contributed by atoms with E-state index in [0.717, 1.165) is 17.4 Å². The number of unbranched alkanes of at least 4 members (excludes halogenated alkanes) is 3. The Hall–Kier alpha value is -3.89. The van der Waals surface area contributed by atoms with Crippen molar-refractivity contribution >= 4 is 23.7 Å². The van der Waals surface area contributed by atoms with Crippen molar-refractivity contribution in [3.8, 4) is 5.75 Å². The molecule has 1 aromatic heterocycles. The third kappa shape index (κ3) is 9.33. The van der Waals surface area contributed by atoms with Gasteiger partial charge in [-0.1, -0.05) is 12.1 Å². The molecule has 0 saturated carbocycles. The summed E-state index contributed by atoms with van der Waals surface area (Å²) in [5.41, 5.74) is -0.771. The van der Waals surface area contributed by atoms with Gasteiger partial charge in [-0.05, 0) is 43.9 Å². The third-order valence-corrected chi connectivity index (χ3v) is 6.00. The molecule has 41 heavy (non-hydrogen) atoms. The van der Waals surface area contributed by atoms with Gasteiger partial charge in [-0.3, -0.25) is 9.36 Å². The van der Waals surface area contributed by atoms with Crippen LogP contribution < -0.4 is 11.0 Å². The molecule has 1 fully saturated rings. The van der Waals surface area contributed by atoms with Gasteiger partial charge in [0, 0.05) is 6.20 Å². The van der Waals surface area contributed by atoms with Crippen molar-refractivity contribution in [1.29, 1.82) is 0 Å². The number of anilines is 1. The Morgan fingerprint density at radius 2 is 1.68 bits per heavy atom. The number of benzene rings is 1. The second kappa shape index (κ2) is 15.8. The smallest absolute Gasteiger partial charge is 0.351 e. The van der Waals surface area contributed by atoms with Crippen molar-refractivity contribution < 1.29 is 53.8 Å². The number of hydrogen-bond donors (Lipinski definition) is 5. The number of nitrogens with zero attached hydrogens (tertiary/aromatic N) is 2. The first-order valence-electron chi connectivity index (χ1n) is 12.9. The topological polar surface area (TPSA) is 216 Å². The molecule has 0 unspecified atom stereocenters. The molecule has 1 aliphatic heterocycles. The van der Waals surface area contributed by atoms with Gasteiger partial charge in [0.25, 0.3) is 5.91 Å². The minimum Gasteiger partial charge on any atom is -0.507 e. The molecule has 0 radical (unpaired) electrons. The molecule has 2 aromatic rings. The van der Waals surface area contributed by atoms with E-state index in [4.69, 9.17) is 24.1 Å². The Morgan fingerprint density at radius 1 is 0.976 bits per heavy atom. The molecule has 224 valence electrons. The van der Waals surface area contributed by atoms with E-state index in [1.807, 2.05) is 0 Å². The second-order valence-electron chi connectivity index (χ2n) is 9.06. The van der Waals surface area contributed by atoms with E-state index in [1.54, 1.807) is 12.1 Å². The first kappa shape index (κ1) is 31.6. The highest BCUT2D eigenvalue weighted by Gasteiger charge is 2.43. The number of aromatic nitrogens is 2. The van der Waals surface area contributed by atoms with Crippen molar-refractivity contribution in [3.05, 3.63) is 52.6 Å². The zero-order valence-corrected chi connectivity index (χ0v) is 22.1. The molecule has 15 nitrogen and oxygen atoms in total. The Bertz CT molecular complexity index is 1240. The van der Waals surface area contributed by atoms with Crippen LogP contribution in [0.5, 0.6) is 5.75 Å². The Labute approximate surface area is 234 Å². The fourth-order valence-corrected chi connectivity index (χ4v) is 3.87. The number of nitrogens with one attached hydrogen (secondary N) is 1. The molecule has 1 saturated heterocycles. The third-order valence-electron chi connectivity index (χ3n) is 6.00. The number of ether oxygens (including phenoxy) is 4. The number of aliphatic hydroxyl groups excluding tert-OH is 3. The van der Waals surface area contributed by atoms with Crippen LogP contribution >= 0.6 is 0 Å². The Balaban J connectivity index is 1.24. The molecule has 1 aliphatic rings. The molecule has 4 atom stereocenters. The fourth-order valence-electron chi connectivity index (χ4n) is 3.87. The van der Waals surface area contributed by atoms with Gasteiger partial charge in [-0.15, -0.1) is 0 Å². The lowest BCUT2D eigenvalue weighted by Crippen LogP contribution is -2.36. The first-order chi connectivity index (χ1) is 19.7. The summed E-state index contributed by atoms with van der Waals surface area (Å²) in [5, 5.41) is 41.0. The summed E-state index contributed by atoms with van der Waals surface area (Å²) in [6, 6.07) is 7.38. The number of amides is 1. The van der Waals surface area contributed by atoms with E-state index < -0.39 is 67.9 Å². The standard InChI is InChI=1S/C26H33N3O12/c30-13-18-22(34)23(35)24(41-18)29-10-9-19(28-26(29)37)27-20(32)14-38-15-21(33)39-11-5-1-2-6-12-40-25(36)16-7-3-4-8-17(16)31/h3-4,7-10,18,22-24,30-31,34-35H,1-2,5-6,11-15H2,(H,27,28,32,37)/t18-,22-,23+,24-/m1/s1. The molecule has 2 heterocycles. The van der Waals surface area contributed by atoms with E-state index in [9.17, 15) is 34.5 Å². The van der Waals surface area contributed by atoms with Crippen LogP contribution in [0.4, 0.5) is 5.82 Å². The number of hydrogen-bond acceptors (Lipinski definition) is 13. The molecule has 0 bridgehead atoms. The van der Waals surface area contributed by atoms with E-state index >= 15 is 0 Å². The van der Waals surface area contributed by atoms with Crippen molar-refractivity contribution in [2.24, 2.45) is 0 Å². The lowest BCUT2D eigenvalue weighted by molar-refractivity contribution is -0.149. The van der Waals surface area contributed by atoms with Crippen molar-refractivity contribution in [1.82, 2.24) is 9.55 Å². The Kier molecular flexibility index (Phi) is 12.2. The number of aliphatic hydroxyl groups is 3. The molecule has 5 N–H and O–H groups in total. The minimum atomic E-state index is -1.46. The second-order valence-corrected chi connectivity index (χ2v) is 9.06. The maximum absolute atomic E-state index is 12.3. The Morgan fingerprint density at radius 3 is 2.34 bits per heavy atom. The predicted molar refractivity (Wildman–Crippen MR) is 139 cm³/mol. The van der Waals surface area contributed by atoms with Gasteiger partial charge in [0.2, 0.25) is 0 Å². The number of rotatable bonds is 15. The SMILES string of the molecule is O=C(COCC(=O)OCCCCCCOC(=O)c1ccccc1O)Nc1ccn([C@@H]2O[C@H](CO)[C@@H](O)[C@@H]2O)c(=O)n1. The lowest BCUT2D eigenvalue weighted by atomic mass is 10.1. The average molecular weight is 580 g/mol. The maximum Gasteiger partial charge on any atom is 0.351 e. The highest BCUT2D eigenvalue weighted by molar-refractivity contribution is 5.92. The van der Waals surface area contributed by atoms with Crippen LogP contribution in [-0.2, 0) is 28.5 Å². The van der Waals surface area contributed by atoms with E-state index in [-0.39, 0.29) is 30.3 Å². The highest BCUT2D eigenvalue weighted by atomic mass is 16.6.